The van der Waals surface area contributed by atoms with Gasteiger partial charge in [-0.2, -0.15) is 0 Å². The summed E-state index contributed by atoms with van der Waals surface area (Å²) in [6.07, 6.45) is 0. The summed E-state index contributed by atoms with van der Waals surface area (Å²) in [7, 11) is 0. The van der Waals surface area contributed by atoms with E-state index in [1.54, 1.807) is 0 Å². The molecule has 0 N–H and O–H groups in total. The molecule has 0 fully saturated rings. The summed E-state index contributed by atoms with van der Waals surface area (Å²) >= 11 is 0. The maximum Gasteiger partial charge on any atom is 0.0708 e. The lowest BCUT2D eigenvalue weighted by Crippen LogP contribution is -2.05. The third-order valence-electron chi connectivity index (χ3n) is 3.35. The van der Waals surface area contributed by atoms with Crippen molar-refractivity contribution in [3.05, 3.63) is 41.1 Å². The van der Waals surface area contributed by atoms with Crippen molar-refractivity contribution in [2.45, 2.75) is 46.5 Å². The van der Waals surface area contributed by atoms with Gasteiger partial charge in [0.1, 0.15) is 0 Å². The molecule has 0 spiro atoms. The van der Waals surface area contributed by atoms with E-state index in [4.69, 9.17) is 4.98 Å². The molecule has 1 heteroatoms. The largest absolute Gasteiger partial charge is 0.252 e. The number of nitrogens with zero attached hydrogens (tertiary/aromatic N) is 1. The fraction of sp³-hybridized carbons (Fsp3) is 0.438. The topological polar surface area (TPSA) is 12.9 Å². The molecule has 0 aliphatic heterocycles. The molecule has 1 nitrogen and oxygen atoms in total. The zero-order valence-corrected chi connectivity index (χ0v) is 11.4. The molecule has 0 atom stereocenters. The lowest BCUT2D eigenvalue weighted by atomic mass is 9.89. The van der Waals surface area contributed by atoms with Gasteiger partial charge in [-0.1, -0.05) is 45.9 Å². The van der Waals surface area contributed by atoms with E-state index in [1.165, 1.54) is 22.2 Å². The standard InChI is InChI=1S/C16H21N/c1-10(2)15-12(5)13-8-6-7-9-14(13)17-16(15)11(3)4/h6-11H,1-5H3. The van der Waals surface area contributed by atoms with Gasteiger partial charge < -0.3 is 0 Å². The highest BCUT2D eigenvalue weighted by Gasteiger charge is 2.16. The number of hydrogen-bond donors (Lipinski definition) is 0. The van der Waals surface area contributed by atoms with Crippen LogP contribution in [-0.2, 0) is 0 Å². The summed E-state index contributed by atoms with van der Waals surface area (Å²) in [5.74, 6) is 1.01. The Hall–Kier alpha value is -1.37. The van der Waals surface area contributed by atoms with Crippen LogP contribution in [0.4, 0.5) is 0 Å². The number of aromatic nitrogens is 1. The van der Waals surface area contributed by atoms with E-state index in [0.29, 0.717) is 11.8 Å². The molecule has 0 bridgehead atoms. The van der Waals surface area contributed by atoms with Crippen molar-refractivity contribution >= 4 is 10.9 Å². The zero-order chi connectivity index (χ0) is 12.6. The third-order valence-corrected chi connectivity index (χ3v) is 3.35. The van der Waals surface area contributed by atoms with Crippen LogP contribution in [0.15, 0.2) is 24.3 Å². The molecule has 90 valence electrons. The first-order valence-electron chi connectivity index (χ1n) is 6.41. The molecule has 0 aliphatic carbocycles. The van der Waals surface area contributed by atoms with Crippen molar-refractivity contribution in [2.24, 2.45) is 0 Å². The van der Waals surface area contributed by atoms with Crippen molar-refractivity contribution < 1.29 is 0 Å². The first-order valence-corrected chi connectivity index (χ1v) is 6.41. The van der Waals surface area contributed by atoms with Crippen molar-refractivity contribution in [3.8, 4) is 0 Å². The first kappa shape index (κ1) is 12.1. The van der Waals surface area contributed by atoms with E-state index in [1.807, 2.05) is 0 Å². The maximum absolute atomic E-state index is 4.86. The van der Waals surface area contributed by atoms with E-state index < -0.39 is 0 Å². The van der Waals surface area contributed by atoms with Crippen LogP contribution in [0.25, 0.3) is 10.9 Å². The van der Waals surface area contributed by atoms with Gasteiger partial charge in [-0.3, -0.25) is 4.98 Å². The Labute approximate surface area is 104 Å². The molecule has 17 heavy (non-hydrogen) atoms. The second-order valence-electron chi connectivity index (χ2n) is 5.36. The van der Waals surface area contributed by atoms with Gasteiger partial charge in [0.25, 0.3) is 0 Å². The molecule has 0 aliphatic rings. The van der Waals surface area contributed by atoms with Crippen LogP contribution in [0.3, 0.4) is 0 Å². The van der Waals surface area contributed by atoms with E-state index >= 15 is 0 Å². The Morgan fingerprint density at radius 2 is 1.59 bits per heavy atom. The minimum Gasteiger partial charge on any atom is -0.252 e. The average molecular weight is 227 g/mol. The van der Waals surface area contributed by atoms with Gasteiger partial charge in [0, 0.05) is 11.1 Å². The summed E-state index contributed by atoms with van der Waals surface area (Å²) in [5, 5.41) is 1.29. The molecular weight excluding hydrogens is 206 g/mol. The molecule has 0 radical (unpaired) electrons. The highest BCUT2D eigenvalue weighted by atomic mass is 14.7. The van der Waals surface area contributed by atoms with Crippen LogP contribution in [0.1, 0.15) is 56.4 Å². The number of pyridine rings is 1. The highest BCUT2D eigenvalue weighted by molar-refractivity contribution is 5.83. The van der Waals surface area contributed by atoms with Crippen molar-refractivity contribution in [2.75, 3.05) is 0 Å². The lowest BCUT2D eigenvalue weighted by Gasteiger charge is -2.19. The predicted octanol–water partition coefficient (Wildman–Crippen LogP) is 4.79. The summed E-state index contributed by atoms with van der Waals surface area (Å²) in [4.78, 5) is 4.86. The van der Waals surface area contributed by atoms with E-state index in [0.717, 1.165) is 5.52 Å². The molecule has 0 saturated heterocycles. The highest BCUT2D eigenvalue weighted by Crippen LogP contribution is 2.31. The molecule has 2 aromatic rings. The van der Waals surface area contributed by atoms with Gasteiger partial charge in [0.15, 0.2) is 0 Å². The Balaban J connectivity index is 2.84. The van der Waals surface area contributed by atoms with Crippen molar-refractivity contribution in [1.29, 1.82) is 0 Å². The molecule has 1 heterocycles. The molecular formula is C16H21N. The number of hydrogen-bond acceptors (Lipinski definition) is 1. The number of rotatable bonds is 2. The smallest absolute Gasteiger partial charge is 0.0708 e. The fourth-order valence-corrected chi connectivity index (χ4v) is 2.58. The van der Waals surface area contributed by atoms with Gasteiger partial charge in [-0.05, 0) is 36.0 Å². The molecule has 1 aromatic heterocycles. The van der Waals surface area contributed by atoms with Crippen molar-refractivity contribution in [3.63, 3.8) is 0 Å². The van der Waals surface area contributed by atoms with E-state index in [2.05, 4.69) is 58.9 Å². The normalized spacial score (nSPS) is 11.7. The van der Waals surface area contributed by atoms with Crippen LogP contribution in [0, 0.1) is 6.92 Å². The number of benzene rings is 1. The van der Waals surface area contributed by atoms with Crippen LogP contribution >= 0.6 is 0 Å². The molecule has 2 rings (SSSR count). The lowest BCUT2D eigenvalue weighted by molar-refractivity contribution is 0.758. The Kier molecular flexibility index (Phi) is 3.19. The minimum absolute atomic E-state index is 0.482. The average Bonchev–Trinajstić information content (AvgIpc) is 2.28. The van der Waals surface area contributed by atoms with Crippen molar-refractivity contribution in [1.82, 2.24) is 4.98 Å². The molecule has 0 amide bonds. The van der Waals surface area contributed by atoms with E-state index in [-0.39, 0.29) is 0 Å². The Morgan fingerprint density at radius 3 is 2.18 bits per heavy atom. The summed E-state index contributed by atoms with van der Waals surface area (Å²) in [6.45, 7) is 11.2. The number of para-hydroxylation sites is 1. The molecule has 0 unspecified atom stereocenters. The number of aryl methyl sites for hydroxylation is 1. The van der Waals surface area contributed by atoms with Crippen LogP contribution in [-0.4, -0.2) is 4.98 Å². The predicted molar refractivity (Wildman–Crippen MR) is 74.7 cm³/mol. The van der Waals surface area contributed by atoms with Gasteiger partial charge in [0.05, 0.1) is 5.52 Å². The summed E-state index contributed by atoms with van der Waals surface area (Å²) in [5.41, 5.74) is 5.21. The zero-order valence-electron chi connectivity index (χ0n) is 11.4. The fourth-order valence-electron chi connectivity index (χ4n) is 2.58. The van der Waals surface area contributed by atoms with Gasteiger partial charge in [0.2, 0.25) is 0 Å². The quantitative estimate of drug-likeness (QED) is 0.718. The van der Waals surface area contributed by atoms with Crippen LogP contribution in [0.2, 0.25) is 0 Å². The maximum atomic E-state index is 4.86. The monoisotopic (exact) mass is 227 g/mol. The SMILES string of the molecule is Cc1c(C(C)C)c(C(C)C)nc2ccccc12. The first-order chi connectivity index (χ1) is 8.02. The third kappa shape index (κ3) is 2.06. The second kappa shape index (κ2) is 4.48. The Morgan fingerprint density at radius 1 is 0.941 bits per heavy atom. The van der Waals surface area contributed by atoms with Crippen LogP contribution in [0.5, 0.6) is 0 Å². The second-order valence-corrected chi connectivity index (χ2v) is 5.36. The van der Waals surface area contributed by atoms with E-state index in [9.17, 15) is 0 Å². The number of fused-ring (bicyclic) bond motifs is 1. The summed E-state index contributed by atoms with van der Waals surface area (Å²) < 4.78 is 0. The Bertz CT molecular complexity index is 538. The molecule has 1 aromatic carbocycles. The van der Waals surface area contributed by atoms with Crippen LogP contribution < -0.4 is 0 Å². The van der Waals surface area contributed by atoms with Gasteiger partial charge >= 0.3 is 0 Å². The summed E-state index contributed by atoms with van der Waals surface area (Å²) in [6, 6.07) is 8.44. The molecule has 0 saturated carbocycles. The van der Waals surface area contributed by atoms with Gasteiger partial charge in [-0.15, -0.1) is 0 Å². The van der Waals surface area contributed by atoms with Gasteiger partial charge in [-0.25, -0.2) is 0 Å². The minimum atomic E-state index is 0.482.